The van der Waals surface area contributed by atoms with Crippen molar-refractivity contribution in [1.82, 2.24) is 0 Å². The quantitative estimate of drug-likeness (QED) is 0.323. The van der Waals surface area contributed by atoms with Gasteiger partial charge in [-0.3, -0.25) is 9.59 Å². The number of nitrogens with zero attached hydrogens (tertiary/aromatic N) is 1. The van der Waals surface area contributed by atoms with Gasteiger partial charge >= 0.3 is 0 Å². The van der Waals surface area contributed by atoms with Gasteiger partial charge in [0.2, 0.25) is 5.12 Å². The molecule has 0 aromatic heterocycles. The fraction of sp³-hybridized carbons (Fsp3) is 0.500. The lowest BCUT2D eigenvalue weighted by atomic mass is 10.3. The molecule has 0 heterocycles. The molecular formula is C6H8BrNO3S. The lowest BCUT2D eigenvalue weighted by Gasteiger charge is -1.97. The van der Waals surface area contributed by atoms with Crippen LogP contribution in [0.3, 0.4) is 0 Å². The van der Waals surface area contributed by atoms with E-state index in [2.05, 4.69) is 25.9 Å². The first kappa shape index (κ1) is 11.6. The zero-order valence-corrected chi connectivity index (χ0v) is 9.07. The fourth-order valence-electron chi connectivity index (χ4n) is 0.453. The topological polar surface area (TPSA) is 55.7 Å². The number of rotatable bonds is 4. The lowest BCUT2D eigenvalue weighted by molar-refractivity contribution is -0.112. The summed E-state index contributed by atoms with van der Waals surface area (Å²) in [6.07, 6.45) is 1.58. The second-order valence-electron chi connectivity index (χ2n) is 1.67. The maximum absolute atomic E-state index is 11.0. The monoisotopic (exact) mass is 253 g/mol. The van der Waals surface area contributed by atoms with Crippen molar-refractivity contribution >= 4 is 44.3 Å². The average Bonchev–Trinajstić information content (AvgIpc) is 2.11. The Morgan fingerprint density at radius 2 is 2.17 bits per heavy atom. The van der Waals surface area contributed by atoms with Gasteiger partial charge in [0.15, 0.2) is 11.5 Å². The number of halogens is 1. The Balaban J connectivity index is 4.55. The molecule has 0 aliphatic heterocycles. The van der Waals surface area contributed by atoms with Gasteiger partial charge in [-0.05, 0) is 6.26 Å². The molecular weight excluding hydrogens is 246 g/mol. The van der Waals surface area contributed by atoms with Gasteiger partial charge < -0.3 is 4.84 Å². The van der Waals surface area contributed by atoms with Crippen LogP contribution in [0.5, 0.6) is 0 Å². The van der Waals surface area contributed by atoms with Gasteiger partial charge in [-0.1, -0.05) is 32.8 Å². The molecule has 0 aliphatic rings. The highest BCUT2D eigenvalue weighted by Crippen LogP contribution is 2.00. The van der Waals surface area contributed by atoms with Crippen molar-refractivity contribution in [2.24, 2.45) is 5.16 Å². The van der Waals surface area contributed by atoms with Crippen LogP contribution in [0.25, 0.3) is 0 Å². The number of carbonyl (C=O) groups excluding carboxylic acids is 2. The van der Waals surface area contributed by atoms with Crippen LogP contribution in [0, 0.1) is 0 Å². The van der Waals surface area contributed by atoms with Gasteiger partial charge in [0, 0.05) is 0 Å². The highest BCUT2D eigenvalue weighted by molar-refractivity contribution is 9.09. The molecule has 0 atom stereocenters. The van der Waals surface area contributed by atoms with Gasteiger partial charge in [-0.25, -0.2) is 0 Å². The Hall–Kier alpha value is -0.360. The van der Waals surface area contributed by atoms with E-state index in [0.29, 0.717) is 0 Å². The number of hydrogen-bond acceptors (Lipinski definition) is 5. The minimum Gasteiger partial charge on any atom is -0.398 e. The van der Waals surface area contributed by atoms with E-state index in [1.165, 1.54) is 7.11 Å². The number of thioether (sulfide) groups is 1. The maximum atomic E-state index is 11.0. The molecule has 0 radical (unpaired) electrons. The van der Waals surface area contributed by atoms with Gasteiger partial charge in [-0.2, -0.15) is 0 Å². The maximum Gasteiger partial charge on any atom is 0.244 e. The van der Waals surface area contributed by atoms with Crippen molar-refractivity contribution in [3.05, 3.63) is 0 Å². The Labute approximate surface area is 82.8 Å². The van der Waals surface area contributed by atoms with Crippen molar-refractivity contribution < 1.29 is 14.4 Å². The van der Waals surface area contributed by atoms with Crippen LogP contribution in [0.15, 0.2) is 5.16 Å². The average molecular weight is 254 g/mol. The predicted molar refractivity (Wildman–Crippen MR) is 51.8 cm³/mol. The minimum atomic E-state index is -0.388. The van der Waals surface area contributed by atoms with E-state index in [9.17, 15) is 9.59 Å². The zero-order chi connectivity index (χ0) is 9.56. The summed E-state index contributed by atoms with van der Waals surface area (Å²) in [5.74, 6) is -0.379. The van der Waals surface area contributed by atoms with E-state index in [-0.39, 0.29) is 21.9 Å². The molecule has 0 saturated heterocycles. The van der Waals surface area contributed by atoms with Crippen molar-refractivity contribution in [3.63, 3.8) is 0 Å². The number of Topliss-reactive ketones (excluding diaryl/α,β-unsaturated/α-hetero) is 1. The Morgan fingerprint density at radius 3 is 2.50 bits per heavy atom. The second kappa shape index (κ2) is 6.19. The SMILES string of the molecule is CO/N=C(/C(=O)CBr)C(=O)SC. The zero-order valence-electron chi connectivity index (χ0n) is 6.67. The minimum absolute atomic E-state index is 0.0709. The summed E-state index contributed by atoms with van der Waals surface area (Å²) >= 11 is 3.86. The molecule has 0 aliphatic carbocycles. The molecule has 0 aromatic carbocycles. The summed E-state index contributed by atoms with van der Waals surface area (Å²) in [4.78, 5) is 26.4. The number of oxime groups is 1. The summed E-state index contributed by atoms with van der Waals surface area (Å²) in [6, 6.07) is 0. The molecule has 0 unspecified atom stereocenters. The lowest BCUT2D eigenvalue weighted by Crippen LogP contribution is -2.23. The molecule has 0 N–H and O–H groups in total. The number of ketones is 1. The van der Waals surface area contributed by atoms with Crippen LogP contribution in [0.4, 0.5) is 0 Å². The van der Waals surface area contributed by atoms with Crippen molar-refractivity contribution in [2.75, 3.05) is 18.7 Å². The van der Waals surface area contributed by atoms with Crippen LogP contribution in [0.1, 0.15) is 0 Å². The van der Waals surface area contributed by atoms with Gasteiger partial charge in [0.1, 0.15) is 7.11 Å². The molecule has 0 amide bonds. The molecule has 0 fully saturated rings. The molecule has 12 heavy (non-hydrogen) atoms. The third kappa shape index (κ3) is 3.36. The highest BCUT2D eigenvalue weighted by Gasteiger charge is 2.18. The smallest absolute Gasteiger partial charge is 0.244 e. The Kier molecular flexibility index (Phi) is 6.00. The number of hydrogen-bond donors (Lipinski definition) is 0. The third-order valence-electron chi connectivity index (χ3n) is 0.947. The molecule has 6 heteroatoms. The van der Waals surface area contributed by atoms with E-state index in [4.69, 9.17) is 0 Å². The first-order chi connectivity index (χ1) is 5.67. The Morgan fingerprint density at radius 1 is 1.58 bits per heavy atom. The van der Waals surface area contributed by atoms with Crippen LogP contribution in [-0.2, 0) is 14.4 Å². The van der Waals surface area contributed by atoms with Crippen LogP contribution < -0.4 is 0 Å². The largest absolute Gasteiger partial charge is 0.398 e. The molecule has 0 spiro atoms. The summed E-state index contributed by atoms with van der Waals surface area (Å²) in [6.45, 7) is 0. The van der Waals surface area contributed by atoms with Crippen molar-refractivity contribution in [1.29, 1.82) is 0 Å². The summed E-state index contributed by atoms with van der Waals surface area (Å²) < 4.78 is 0. The molecule has 68 valence electrons. The van der Waals surface area contributed by atoms with Crippen LogP contribution in [-0.4, -0.2) is 35.3 Å². The normalized spacial score (nSPS) is 11.1. The number of alkyl halides is 1. The van der Waals surface area contributed by atoms with E-state index in [1.54, 1.807) is 6.26 Å². The molecule has 0 rings (SSSR count). The summed E-state index contributed by atoms with van der Waals surface area (Å²) in [5, 5.41) is 3.02. The van der Waals surface area contributed by atoms with E-state index >= 15 is 0 Å². The first-order valence-electron chi connectivity index (χ1n) is 2.96. The van der Waals surface area contributed by atoms with Gasteiger partial charge in [0.05, 0.1) is 5.33 Å². The van der Waals surface area contributed by atoms with Crippen molar-refractivity contribution in [3.8, 4) is 0 Å². The predicted octanol–water partition coefficient (Wildman–Crippen LogP) is 0.842. The van der Waals surface area contributed by atoms with Crippen LogP contribution in [0.2, 0.25) is 0 Å². The highest BCUT2D eigenvalue weighted by atomic mass is 79.9. The fourth-order valence-corrected chi connectivity index (χ4v) is 1.06. The second-order valence-corrected chi connectivity index (χ2v) is 3.01. The third-order valence-corrected chi connectivity index (χ3v) is 2.02. The summed E-state index contributed by atoms with van der Waals surface area (Å²) in [7, 11) is 1.29. The number of carbonyl (C=O) groups is 2. The van der Waals surface area contributed by atoms with E-state index in [0.717, 1.165) is 11.8 Å². The molecule has 0 bridgehead atoms. The Bertz CT molecular complexity index is 199. The first-order valence-corrected chi connectivity index (χ1v) is 5.30. The van der Waals surface area contributed by atoms with E-state index < -0.39 is 0 Å². The van der Waals surface area contributed by atoms with E-state index in [1.807, 2.05) is 0 Å². The molecule has 0 saturated carbocycles. The molecule has 0 aromatic rings. The van der Waals surface area contributed by atoms with Gasteiger partial charge in [0.25, 0.3) is 0 Å². The standard InChI is InChI=1S/C6H8BrNO3S/c1-11-8-5(4(9)3-7)6(10)12-2/h3H2,1-2H3/b8-5-. The van der Waals surface area contributed by atoms with Crippen LogP contribution >= 0.6 is 27.7 Å². The summed E-state index contributed by atoms with van der Waals surface area (Å²) in [5.41, 5.74) is -0.165. The van der Waals surface area contributed by atoms with Crippen molar-refractivity contribution in [2.45, 2.75) is 0 Å². The van der Waals surface area contributed by atoms with Gasteiger partial charge in [-0.15, -0.1) is 0 Å². The molecule has 4 nitrogen and oxygen atoms in total.